The lowest BCUT2D eigenvalue weighted by molar-refractivity contribution is -0.137. The van der Waals surface area contributed by atoms with Crippen molar-refractivity contribution in [1.82, 2.24) is 10.0 Å². The van der Waals surface area contributed by atoms with Crippen LogP contribution in [0.4, 0.5) is 18.9 Å². The Kier molecular flexibility index (Phi) is 8.81. The Morgan fingerprint density at radius 2 is 1.75 bits per heavy atom. The molecule has 2 rings (SSSR count). The maximum atomic E-state index is 12.8. The van der Waals surface area contributed by atoms with Crippen LogP contribution in [0.1, 0.15) is 11.1 Å². The van der Waals surface area contributed by atoms with Crippen molar-refractivity contribution in [3.05, 3.63) is 65.9 Å². The standard InChI is InChI=1S/C21H25F3N4O3S/c1-26-32(30,31)13-11-28-20-7-4-16(14-18(20)19(25)8-9-27-10-12-29)15-2-5-17(6-3-15)21(22,23)24/h2-9,14,25-29H,10-13H2,1H3/b9-8-,25-19?. The molecule has 11 heteroatoms. The van der Waals surface area contributed by atoms with Gasteiger partial charge >= 0.3 is 6.18 Å². The Hall–Kier alpha value is -2.89. The molecule has 0 aliphatic heterocycles. The van der Waals surface area contributed by atoms with Crippen LogP contribution in [-0.4, -0.2) is 51.7 Å². The predicted octanol–water partition coefficient (Wildman–Crippen LogP) is 2.80. The summed E-state index contributed by atoms with van der Waals surface area (Å²) in [6.07, 6.45) is -1.46. The second kappa shape index (κ2) is 11.1. The number of halogens is 3. The molecule has 2 aromatic rings. The summed E-state index contributed by atoms with van der Waals surface area (Å²) < 4.78 is 64.0. The number of anilines is 1. The summed E-state index contributed by atoms with van der Waals surface area (Å²) in [4.78, 5) is 0. The van der Waals surface area contributed by atoms with Gasteiger partial charge in [0.05, 0.1) is 23.6 Å². The van der Waals surface area contributed by atoms with Crippen LogP contribution in [0, 0.1) is 5.41 Å². The summed E-state index contributed by atoms with van der Waals surface area (Å²) in [6, 6.07) is 9.69. The second-order valence-corrected chi connectivity index (χ2v) is 8.76. The van der Waals surface area contributed by atoms with Crippen molar-refractivity contribution in [1.29, 1.82) is 5.41 Å². The van der Waals surface area contributed by atoms with Gasteiger partial charge in [-0.3, -0.25) is 0 Å². The maximum Gasteiger partial charge on any atom is 0.416 e. The first-order valence-electron chi connectivity index (χ1n) is 9.64. The third-order valence-corrected chi connectivity index (χ3v) is 5.84. The van der Waals surface area contributed by atoms with Gasteiger partial charge < -0.3 is 21.1 Å². The molecule has 0 bridgehead atoms. The molecule has 0 spiro atoms. The van der Waals surface area contributed by atoms with Gasteiger partial charge in [0.25, 0.3) is 0 Å². The van der Waals surface area contributed by atoms with E-state index in [1.807, 2.05) is 0 Å². The molecule has 0 radical (unpaired) electrons. The first-order chi connectivity index (χ1) is 15.1. The van der Waals surface area contributed by atoms with Crippen molar-refractivity contribution in [2.75, 3.05) is 37.8 Å². The molecule has 0 saturated carbocycles. The largest absolute Gasteiger partial charge is 0.416 e. The number of alkyl halides is 3. The van der Waals surface area contributed by atoms with Gasteiger partial charge in [0.2, 0.25) is 10.0 Å². The Balaban J connectivity index is 2.33. The SMILES string of the molecule is CNS(=O)(=O)CCNc1ccc(-c2ccc(C(F)(F)F)cc2)cc1C(=N)/C=C\NCCO. The van der Waals surface area contributed by atoms with E-state index in [-0.39, 0.29) is 24.6 Å². The van der Waals surface area contributed by atoms with E-state index in [9.17, 15) is 21.6 Å². The first-order valence-corrected chi connectivity index (χ1v) is 11.3. The third kappa shape index (κ3) is 7.36. The van der Waals surface area contributed by atoms with E-state index in [1.54, 1.807) is 18.2 Å². The molecule has 32 heavy (non-hydrogen) atoms. The first kappa shape index (κ1) is 25.4. The van der Waals surface area contributed by atoms with Crippen LogP contribution < -0.4 is 15.4 Å². The molecule has 0 saturated heterocycles. The number of allylic oxidation sites excluding steroid dienone is 1. The van der Waals surface area contributed by atoms with Crippen LogP contribution in [-0.2, 0) is 16.2 Å². The van der Waals surface area contributed by atoms with Gasteiger partial charge in [-0.05, 0) is 54.7 Å². The minimum atomic E-state index is -4.43. The van der Waals surface area contributed by atoms with Gasteiger partial charge in [-0.1, -0.05) is 18.2 Å². The Bertz CT molecular complexity index is 1050. The Morgan fingerprint density at radius 1 is 1.09 bits per heavy atom. The predicted molar refractivity (Wildman–Crippen MR) is 119 cm³/mol. The average molecular weight is 471 g/mol. The number of rotatable bonds is 11. The van der Waals surface area contributed by atoms with Crippen LogP contribution in [0.15, 0.2) is 54.7 Å². The number of aliphatic hydroxyl groups excluding tert-OH is 1. The molecule has 0 aliphatic rings. The summed E-state index contributed by atoms with van der Waals surface area (Å²) in [6.45, 7) is 0.325. The molecule has 0 amide bonds. The molecule has 174 valence electrons. The number of hydrogen-bond donors (Lipinski definition) is 5. The zero-order valence-corrected chi connectivity index (χ0v) is 18.1. The van der Waals surface area contributed by atoms with Crippen molar-refractivity contribution in [2.24, 2.45) is 0 Å². The Labute approximate surface area is 184 Å². The number of hydrogen-bond acceptors (Lipinski definition) is 6. The molecule has 5 N–H and O–H groups in total. The van der Waals surface area contributed by atoms with E-state index in [0.29, 0.717) is 28.9 Å². The van der Waals surface area contributed by atoms with Gasteiger partial charge in [0.1, 0.15) is 0 Å². The maximum absolute atomic E-state index is 12.8. The fraction of sp³-hybridized carbons (Fsp3) is 0.286. The normalized spacial score (nSPS) is 12.2. The zero-order chi connectivity index (χ0) is 23.8. The van der Waals surface area contributed by atoms with Crippen molar-refractivity contribution in [3.8, 4) is 11.1 Å². The van der Waals surface area contributed by atoms with E-state index in [0.717, 1.165) is 12.1 Å². The fourth-order valence-electron chi connectivity index (χ4n) is 2.75. The van der Waals surface area contributed by atoms with E-state index >= 15 is 0 Å². The topological polar surface area (TPSA) is 114 Å². The van der Waals surface area contributed by atoms with Crippen molar-refractivity contribution < 1.29 is 26.7 Å². The third-order valence-electron chi connectivity index (χ3n) is 4.48. The molecule has 7 nitrogen and oxygen atoms in total. The number of sulfonamides is 1. The molecule has 0 unspecified atom stereocenters. The van der Waals surface area contributed by atoms with Crippen molar-refractivity contribution in [3.63, 3.8) is 0 Å². The summed E-state index contributed by atoms with van der Waals surface area (Å²) >= 11 is 0. The van der Waals surface area contributed by atoms with Crippen LogP contribution in [0.2, 0.25) is 0 Å². The molecule has 0 fully saturated rings. The monoisotopic (exact) mass is 470 g/mol. The highest BCUT2D eigenvalue weighted by Crippen LogP contribution is 2.32. The van der Waals surface area contributed by atoms with Gasteiger partial charge in [-0.2, -0.15) is 13.2 Å². The second-order valence-electron chi connectivity index (χ2n) is 6.71. The van der Waals surface area contributed by atoms with Crippen LogP contribution in [0.25, 0.3) is 11.1 Å². The van der Waals surface area contributed by atoms with Gasteiger partial charge in [0, 0.05) is 24.3 Å². The molecule has 0 atom stereocenters. The van der Waals surface area contributed by atoms with Gasteiger partial charge in [-0.15, -0.1) is 0 Å². The fourth-order valence-corrected chi connectivity index (χ4v) is 3.33. The quantitative estimate of drug-likeness (QED) is 0.256. The molecule has 2 aromatic carbocycles. The van der Waals surface area contributed by atoms with Crippen molar-refractivity contribution in [2.45, 2.75) is 6.18 Å². The van der Waals surface area contributed by atoms with E-state index in [2.05, 4.69) is 15.4 Å². The van der Waals surface area contributed by atoms with Crippen LogP contribution in [0.5, 0.6) is 0 Å². The lowest BCUT2D eigenvalue weighted by atomic mass is 9.98. The van der Waals surface area contributed by atoms with E-state index in [1.165, 1.54) is 31.5 Å². The van der Waals surface area contributed by atoms with Crippen LogP contribution >= 0.6 is 0 Å². The summed E-state index contributed by atoms with van der Waals surface area (Å²) in [7, 11) is -2.10. The number of benzene rings is 2. The molecule has 0 aliphatic carbocycles. The van der Waals surface area contributed by atoms with E-state index < -0.39 is 21.8 Å². The summed E-state index contributed by atoms with van der Waals surface area (Å²) in [5, 5.41) is 23.0. The molecule has 0 heterocycles. The lowest BCUT2D eigenvalue weighted by Crippen LogP contribution is -2.26. The highest BCUT2D eigenvalue weighted by atomic mass is 32.2. The minimum Gasteiger partial charge on any atom is -0.395 e. The van der Waals surface area contributed by atoms with Crippen LogP contribution in [0.3, 0.4) is 0 Å². The smallest absolute Gasteiger partial charge is 0.395 e. The van der Waals surface area contributed by atoms with Gasteiger partial charge in [0.15, 0.2) is 0 Å². The van der Waals surface area contributed by atoms with Crippen molar-refractivity contribution >= 4 is 21.4 Å². The average Bonchev–Trinajstić information content (AvgIpc) is 2.76. The molecule has 0 aromatic heterocycles. The Morgan fingerprint density at radius 3 is 2.34 bits per heavy atom. The summed E-state index contributed by atoms with van der Waals surface area (Å²) in [5.74, 6) is -0.176. The molecular formula is C21H25F3N4O3S. The minimum absolute atomic E-state index is 0.0756. The highest BCUT2D eigenvalue weighted by molar-refractivity contribution is 7.89. The van der Waals surface area contributed by atoms with E-state index in [4.69, 9.17) is 10.5 Å². The highest BCUT2D eigenvalue weighted by Gasteiger charge is 2.30. The van der Waals surface area contributed by atoms with Gasteiger partial charge in [-0.25, -0.2) is 13.1 Å². The molecular weight excluding hydrogens is 445 g/mol. The number of aliphatic hydroxyl groups is 1. The summed E-state index contributed by atoms with van der Waals surface area (Å²) in [5.41, 5.74) is 1.41. The lowest BCUT2D eigenvalue weighted by Gasteiger charge is -2.14. The number of nitrogens with one attached hydrogen (secondary N) is 4. The zero-order valence-electron chi connectivity index (χ0n) is 17.3.